The maximum atomic E-state index is 6.30. The molecule has 100 valence electrons. The quantitative estimate of drug-likeness (QED) is 0.802. The summed E-state index contributed by atoms with van der Waals surface area (Å²) >= 11 is 12.6. The highest BCUT2D eigenvalue weighted by Gasteiger charge is 2.27. The number of nitrogens with two attached hydrogens (primary N) is 2. The Morgan fingerprint density at radius 3 is 1.47 bits per heavy atom. The number of benzene rings is 2. The maximum Gasteiger partial charge on any atom is 0.0467 e. The highest BCUT2D eigenvalue weighted by Crippen LogP contribution is 2.40. The second-order valence-corrected chi connectivity index (χ2v) is 5.92. The molecule has 0 saturated carbocycles. The van der Waals surface area contributed by atoms with E-state index in [1.807, 2.05) is 24.3 Å². The van der Waals surface area contributed by atoms with Crippen LogP contribution in [-0.2, 0) is 5.41 Å². The molecule has 0 radical (unpaired) electrons. The van der Waals surface area contributed by atoms with E-state index in [0.29, 0.717) is 21.4 Å². The van der Waals surface area contributed by atoms with Gasteiger partial charge >= 0.3 is 0 Å². The van der Waals surface area contributed by atoms with Gasteiger partial charge in [-0.25, -0.2) is 0 Å². The van der Waals surface area contributed by atoms with Crippen molar-refractivity contribution in [3.8, 4) is 0 Å². The fraction of sp³-hybridized carbons (Fsp3) is 0.200. The lowest BCUT2D eigenvalue weighted by molar-refractivity contribution is 0.641. The summed E-state index contributed by atoms with van der Waals surface area (Å²) in [5.74, 6) is 0. The van der Waals surface area contributed by atoms with E-state index in [4.69, 9.17) is 34.7 Å². The molecule has 0 saturated heterocycles. The van der Waals surface area contributed by atoms with Crippen LogP contribution in [0.25, 0.3) is 0 Å². The van der Waals surface area contributed by atoms with Crippen molar-refractivity contribution >= 4 is 34.6 Å². The van der Waals surface area contributed by atoms with Gasteiger partial charge in [-0.3, -0.25) is 0 Å². The summed E-state index contributed by atoms with van der Waals surface area (Å²) in [5.41, 5.74) is 14.4. The van der Waals surface area contributed by atoms with Gasteiger partial charge in [-0.2, -0.15) is 0 Å². The van der Waals surface area contributed by atoms with Crippen molar-refractivity contribution < 1.29 is 0 Å². The van der Waals surface area contributed by atoms with Crippen molar-refractivity contribution in [3.05, 3.63) is 57.6 Å². The second-order valence-electron chi connectivity index (χ2n) is 5.10. The van der Waals surface area contributed by atoms with Gasteiger partial charge in [0.05, 0.1) is 0 Å². The molecule has 2 aromatic carbocycles. The van der Waals surface area contributed by atoms with Gasteiger partial charge in [0.1, 0.15) is 0 Å². The lowest BCUT2D eigenvalue weighted by Gasteiger charge is -2.28. The molecule has 0 fully saturated rings. The Balaban J connectivity index is 2.58. The standard InChI is InChI=1S/C15H16Cl2N2/c1-15(2,11-5-3-9(18)7-13(11)16)12-6-4-10(19)8-14(12)17/h3-8H,18-19H2,1-2H3. The molecule has 0 aliphatic carbocycles. The third kappa shape index (κ3) is 2.65. The van der Waals surface area contributed by atoms with Crippen LogP contribution >= 0.6 is 23.2 Å². The first kappa shape index (κ1) is 14.0. The molecule has 0 amide bonds. The third-order valence-electron chi connectivity index (χ3n) is 3.33. The van der Waals surface area contributed by atoms with Gasteiger partial charge in [0, 0.05) is 26.8 Å². The van der Waals surface area contributed by atoms with Crippen LogP contribution in [0, 0.1) is 0 Å². The average Bonchev–Trinajstić information content (AvgIpc) is 2.27. The normalized spacial score (nSPS) is 11.6. The molecule has 2 rings (SSSR count). The maximum absolute atomic E-state index is 6.30. The topological polar surface area (TPSA) is 52.0 Å². The fourth-order valence-corrected chi connectivity index (χ4v) is 3.07. The SMILES string of the molecule is CC(C)(c1ccc(N)cc1Cl)c1ccc(N)cc1Cl. The summed E-state index contributed by atoms with van der Waals surface area (Å²) < 4.78 is 0. The Morgan fingerprint density at radius 2 is 1.16 bits per heavy atom. The van der Waals surface area contributed by atoms with Crippen molar-refractivity contribution in [2.75, 3.05) is 11.5 Å². The van der Waals surface area contributed by atoms with E-state index in [-0.39, 0.29) is 5.41 Å². The molecular weight excluding hydrogens is 279 g/mol. The molecule has 0 aliphatic rings. The lowest BCUT2D eigenvalue weighted by atomic mass is 9.78. The molecule has 2 nitrogen and oxygen atoms in total. The first-order chi connectivity index (χ1) is 8.82. The molecule has 0 spiro atoms. The van der Waals surface area contributed by atoms with Gasteiger partial charge in [-0.15, -0.1) is 0 Å². The third-order valence-corrected chi connectivity index (χ3v) is 3.96. The first-order valence-electron chi connectivity index (χ1n) is 5.93. The zero-order valence-electron chi connectivity index (χ0n) is 10.9. The van der Waals surface area contributed by atoms with Crippen LogP contribution < -0.4 is 11.5 Å². The molecule has 4 N–H and O–H groups in total. The molecule has 0 heterocycles. The van der Waals surface area contributed by atoms with Crippen LogP contribution in [0.3, 0.4) is 0 Å². The van der Waals surface area contributed by atoms with Crippen LogP contribution in [0.5, 0.6) is 0 Å². The minimum absolute atomic E-state index is 0.324. The monoisotopic (exact) mass is 294 g/mol. The predicted molar refractivity (Wildman–Crippen MR) is 83.9 cm³/mol. The minimum atomic E-state index is -0.324. The summed E-state index contributed by atoms with van der Waals surface area (Å²) in [7, 11) is 0. The van der Waals surface area contributed by atoms with Gasteiger partial charge in [-0.1, -0.05) is 49.2 Å². The van der Waals surface area contributed by atoms with Crippen LogP contribution in [-0.4, -0.2) is 0 Å². The van der Waals surface area contributed by atoms with Gasteiger partial charge in [0.2, 0.25) is 0 Å². The Kier molecular flexibility index (Phi) is 3.66. The van der Waals surface area contributed by atoms with E-state index in [0.717, 1.165) is 11.1 Å². The number of halogens is 2. The van der Waals surface area contributed by atoms with Gasteiger partial charge in [0.15, 0.2) is 0 Å². The Hall–Kier alpha value is -1.38. The van der Waals surface area contributed by atoms with Gasteiger partial charge < -0.3 is 11.5 Å². The largest absolute Gasteiger partial charge is 0.399 e. The molecule has 19 heavy (non-hydrogen) atoms. The number of anilines is 2. The molecule has 0 bridgehead atoms. The van der Waals surface area contributed by atoms with E-state index in [9.17, 15) is 0 Å². The molecule has 0 aliphatic heterocycles. The Labute approximate surface area is 123 Å². The molecular formula is C15H16Cl2N2. The summed E-state index contributed by atoms with van der Waals surface area (Å²) in [6.45, 7) is 4.14. The molecule has 0 unspecified atom stereocenters. The van der Waals surface area contributed by atoms with E-state index in [1.54, 1.807) is 12.1 Å². The zero-order valence-corrected chi connectivity index (χ0v) is 12.4. The van der Waals surface area contributed by atoms with E-state index in [2.05, 4.69) is 13.8 Å². The Bertz CT molecular complexity index is 568. The average molecular weight is 295 g/mol. The van der Waals surface area contributed by atoms with Crippen LogP contribution in [0.15, 0.2) is 36.4 Å². The van der Waals surface area contributed by atoms with Crippen LogP contribution in [0.1, 0.15) is 25.0 Å². The van der Waals surface area contributed by atoms with Crippen LogP contribution in [0.4, 0.5) is 11.4 Å². The molecule has 0 atom stereocenters. The first-order valence-corrected chi connectivity index (χ1v) is 6.69. The fourth-order valence-electron chi connectivity index (χ4n) is 2.22. The molecule has 4 heteroatoms. The summed E-state index contributed by atoms with van der Waals surface area (Å²) in [5, 5.41) is 1.27. The summed E-state index contributed by atoms with van der Waals surface area (Å²) in [4.78, 5) is 0. The summed E-state index contributed by atoms with van der Waals surface area (Å²) in [6.07, 6.45) is 0. The van der Waals surface area contributed by atoms with Crippen LogP contribution in [0.2, 0.25) is 10.0 Å². The molecule has 2 aromatic rings. The number of hydrogen-bond donors (Lipinski definition) is 2. The number of hydrogen-bond acceptors (Lipinski definition) is 2. The highest BCUT2D eigenvalue weighted by atomic mass is 35.5. The van der Waals surface area contributed by atoms with E-state index >= 15 is 0 Å². The van der Waals surface area contributed by atoms with Gasteiger partial charge in [0.25, 0.3) is 0 Å². The number of rotatable bonds is 2. The Morgan fingerprint density at radius 1 is 0.789 bits per heavy atom. The van der Waals surface area contributed by atoms with Crippen molar-refractivity contribution in [2.45, 2.75) is 19.3 Å². The van der Waals surface area contributed by atoms with Gasteiger partial charge in [-0.05, 0) is 35.4 Å². The van der Waals surface area contributed by atoms with Crippen molar-refractivity contribution in [1.29, 1.82) is 0 Å². The summed E-state index contributed by atoms with van der Waals surface area (Å²) in [6, 6.07) is 11.1. The predicted octanol–water partition coefficient (Wildman–Crippen LogP) is 4.48. The van der Waals surface area contributed by atoms with E-state index < -0.39 is 0 Å². The lowest BCUT2D eigenvalue weighted by Crippen LogP contribution is -2.20. The molecule has 0 aromatic heterocycles. The van der Waals surface area contributed by atoms with E-state index in [1.165, 1.54) is 0 Å². The van der Waals surface area contributed by atoms with Crippen molar-refractivity contribution in [2.24, 2.45) is 0 Å². The van der Waals surface area contributed by atoms with Crippen molar-refractivity contribution in [1.82, 2.24) is 0 Å². The second kappa shape index (κ2) is 4.95. The zero-order chi connectivity index (χ0) is 14.2. The number of nitrogen functional groups attached to an aromatic ring is 2. The highest BCUT2D eigenvalue weighted by molar-refractivity contribution is 6.32. The smallest absolute Gasteiger partial charge is 0.0467 e. The van der Waals surface area contributed by atoms with Crippen molar-refractivity contribution in [3.63, 3.8) is 0 Å². The minimum Gasteiger partial charge on any atom is -0.399 e.